The number of hydrogen-bond acceptors (Lipinski definition) is 5. The van der Waals surface area contributed by atoms with E-state index in [0.29, 0.717) is 0 Å². The predicted octanol–water partition coefficient (Wildman–Crippen LogP) is 3.92. The van der Waals surface area contributed by atoms with Crippen molar-refractivity contribution in [2.75, 3.05) is 14.2 Å². The summed E-state index contributed by atoms with van der Waals surface area (Å²) in [7, 11) is 2.83. The van der Waals surface area contributed by atoms with Crippen LogP contribution in [0.4, 0.5) is 4.39 Å². The number of carbonyl (C=O) groups excluding carboxylic acids is 2. The molecule has 0 amide bonds. The third-order valence-electron chi connectivity index (χ3n) is 3.45. The zero-order chi connectivity index (χ0) is 18.6. The second-order valence-electron chi connectivity index (χ2n) is 5.11. The number of ketones is 1. The van der Waals surface area contributed by atoms with E-state index in [1.54, 1.807) is 0 Å². The Labute approximate surface area is 149 Å². The van der Waals surface area contributed by atoms with E-state index in [9.17, 15) is 14.0 Å². The van der Waals surface area contributed by atoms with Crippen LogP contribution in [-0.2, 0) is 4.74 Å². The van der Waals surface area contributed by atoms with Gasteiger partial charge in [-0.05, 0) is 43.3 Å². The Kier molecular flexibility index (Phi) is 5.98. The van der Waals surface area contributed by atoms with E-state index in [4.69, 9.17) is 25.8 Å². The van der Waals surface area contributed by atoms with Crippen LogP contribution in [0, 0.1) is 5.82 Å². The molecule has 0 saturated heterocycles. The summed E-state index contributed by atoms with van der Waals surface area (Å²) in [6.07, 6.45) is -1.05. The van der Waals surface area contributed by atoms with Gasteiger partial charge in [0.05, 0.1) is 24.8 Å². The first-order valence-corrected chi connectivity index (χ1v) is 7.67. The molecule has 1 atom stereocenters. The lowest BCUT2D eigenvalue weighted by Gasteiger charge is -2.14. The fourth-order valence-electron chi connectivity index (χ4n) is 2.17. The molecule has 2 rings (SSSR count). The van der Waals surface area contributed by atoms with Crippen LogP contribution in [0.1, 0.15) is 27.6 Å². The number of rotatable bonds is 6. The van der Waals surface area contributed by atoms with E-state index in [1.807, 2.05) is 0 Å². The van der Waals surface area contributed by atoms with Crippen LogP contribution in [0.3, 0.4) is 0 Å². The topological polar surface area (TPSA) is 61.8 Å². The minimum atomic E-state index is -1.05. The number of ether oxygens (including phenoxy) is 3. The third kappa shape index (κ3) is 4.28. The largest absolute Gasteiger partial charge is 0.493 e. The number of Topliss-reactive ketones (excluding diaryl/α,β-unsaturated/α-hetero) is 1. The Balaban J connectivity index is 2.17. The maximum Gasteiger partial charge on any atom is 0.339 e. The van der Waals surface area contributed by atoms with Crippen molar-refractivity contribution in [2.45, 2.75) is 13.0 Å². The van der Waals surface area contributed by atoms with Crippen molar-refractivity contribution in [1.82, 2.24) is 0 Å². The van der Waals surface area contributed by atoms with E-state index in [1.165, 1.54) is 45.4 Å². The van der Waals surface area contributed by atoms with Gasteiger partial charge < -0.3 is 14.2 Å². The van der Waals surface area contributed by atoms with Gasteiger partial charge in [0.15, 0.2) is 17.6 Å². The number of carbonyl (C=O) groups is 2. The van der Waals surface area contributed by atoms with Crippen molar-refractivity contribution in [3.8, 4) is 11.5 Å². The lowest BCUT2D eigenvalue weighted by atomic mass is 10.1. The second kappa shape index (κ2) is 7.98. The summed E-state index contributed by atoms with van der Waals surface area (Å²) in [6.45, 7) is 1.44. The summed E-state index contributed by atoms with van der Waals surface area (Å²) in [5.74, 6) is -1.09. The second-order valence-corrected chi connectivity index (χ2v) is 5.52. The molecule has 0 N–H and O–H groups in total. The zero-order valence-electron chi connectivity index (χ0n) is 13.8. The van der Waals surface area contributed by atoms with Crippen molar-refractivity contribution in [1.29, 1.82) is 0 Å². The Bertz CT molecular complexity index is 789. The molecule has 132 valence electrons. The fourth-order valence-corrected chi connectivity index (χ4v) is 2.45. The summed E-state index contributed by atoms with van der Waals surface area (Å²) in [5, 5.41) is 0.173. The van der Waals surface area contributed by atoms with Crippen molar-refractivity contribution < 1.29 is 28.2 Å². The fraction of sp³-hybridized carbons (Fsp3) is 0.222. The molecule has 5 nitrogen and oxygen atoms in total. The molecule has 25 heavy (non-hydrogen) atoms. The number of halogens is 2. The highest BCUT2D eigenvalue weighted by molar-refractivity contribution is 6.32. The minimum absolute atomic E-state index is 0.112. The average Bonchev–Trinajstić information content (AvgIpc) is 2.60. The standard InChI is InChI=1S/C18H16ClFO5/c1-10(16(21)11-4-6-13(20)7-5-11)25-18(22)12-8-14(19)17(24-3)15(9-12)23-2/h4-10H,1-3H3/t10-/m1/s1. The Morgan fingerprint density at radius 3 is 2.24 bits per heavy atom. The molecule has 0 spiro atoms. The maximum atomic E-state index is 12.9. The third-order valence-corrected chi connectivity index (χ3v) is 3.73. The lowest BCUT2D eigenvalue weighted by molar-refractivity contribution is 0.0318. The number of esters is 1. The first kappa shape index (κ1) is 18.7. The van der Waals surface area contributed by atoms with Gasteiger partial charge >= 0.3 is 5.97 Å². The molecule has 0 heterocycles. The van der Waals surface area contributed by atoms with Gasteiger partial charge in [0, 0.05) is 5.56 Å². The molecule has 0 aliphatic carbocycles. The molecule has 0 fully saturated rings. The van der Waals surface area contributed by atoms with E-state index >= 15 is 0 Å². The molecule has 0 saturated carbocycles. The molecule has 7 heteroatoms. The van der Waals surface area contributed by atoms with Crippen LogP contribution >= 0.6 is 11.6 Å². The molecular formula is C18H16ClFO5. The van der Waals surface area contributed by atoms with Gasteiger partial charge in [-0.25, -0.2) is 9.18 Å². The van der Waals surface area contributed by atoms with Crippen molar-refractivity contribution in [3.63, 3.8) is 0 Å². The molecule has 0 radical (unpaired) electrons. The van der Waals surface area contributed by atoms with Crippen LogP contribution in [0.15, 0.2) is 36.4 Å². The van der Waals surface area contributed by atoms with Gasteiger partial charge in [-0.15, -0.1) is 0 Å². The van der Waals surface area contributed by atoms with Gasteiger partial charge in [-0.3, -0.25) is 4.79 Å². The van der Waals surface area contributed by atoms with Crippen LogP contribution in [0.2, 0.25) is 5.02 Å². The van der Waals surface area contributed by atoms with Gasteiger partial charge in [0.1, 0.15) is 5.82 Å². The van der Waals surface area contributed by atoms with Crippen molar-refractivity contribution in [3.05, 3.63) is 58.4 Å². The lowest BCUT2D eigenvalue weighted by Crippen LogP contribution is -2.24. The van der Waals surface area contributed by atoms with Crippen molar-refractivity contribution in [2.24, 2.45) is 0 Å². The molecule has 0 aliphatic heterocycles. The SMILES string of the molecule is COc1cc(C(=O)O[C@H](C)C(=O)c2ccc(F)cc2)cc(Cl)c1OC. The molecule has 0 aromatic heterocycles. The Morgan fingerprint density at radius 2 is 1.68 bits per heavy atom. The zero-order valence-corrected chi connectivity index (χ0v) is 14.6. The summed E-state index contributed by atoms with van der Waals surface area (Å²) in [6, 6.07) is 7.75. The van der Waals surface area contributed by atoms with Gasteiger partial charge in [0.2, 0.25) is 5.78 Å². The maximum absolute atomic E-state index is 12.9. The number of benzene rings is 2. The van der Waals surface area contributed by atoms with Gasteiger partial charge in [-0.1, -0.05) is 11.6 Å². The summed E-state index contributed by atoms with van der Waals surface area (Å²) >= 11 is 6.05. The smallest absolute Gasteiger partial charge is 0.339 e. The Morgan fingerprint density at radius 1 is 1.04 bits per heavy atom. The Hall–Kier alpha value is -2.60. The van der Waals surface area contributed by atoms with E-state index in [0.717, 1.165) is 12.1 Å². The molecular weight excluding hydrogens is 351 g/mol. The van der Waals surface area contributed by atoms with E-state index in [-0.39, 0.29) is 27.6 Å². The van der Waals surface area contributed by atoms with Crippen LogP contribution in [0.5, 0.6) is 11.5 Å². The predicted molar refractivity (Wildman–Crippen MR) is 90.2 cm³/mol. The number of hydrogen-bond donors (Lipinski definition) is 0. The first-order valence-electron chi connectivity index (χ1n) is 7.29. The average molecular weight is 367 g/mol. The van der Waals surface area contributed by atoms with Crippen LogP contribution in [-0.4, -0.2) is 32.1 Å². The van der Waals surface area contributed by atoms with Gasteiger partial charge in [-0.2, -0.15) is 0 Å². The highest BCUT2D eigenvalue weighted by Gasteiger charge is 2.22. The highest BCUT2D eigenvalue weighted by Crippen LogP contribution is 2.36. The molecule has 0 aliphatic rings. The molecule has 2 aromatic carbocycles. The van der Waals surface area contributed by atoms with E-state index in [2.05, 4.69) is 0 Å². The molecule has 2 aromatic rings. The monoisotopic (exact) mass is 366 g/mol. The van der Waals surface area contributed by atoms with Crippen LogP contribution < -0.4 is 9.47 Å². The minimum Gasteiger partial charge on any atom is -0.493 e. The summed E-state index contributed by atoms with van der Waals surface area (Å²) in [4.78, 5) is 24.5. The first-order chi connectivity index (χ1) is 11.9. The molecule has 0 bridgehead atoms. The van der Waals surface area contributed by atoms with Crippen LogP contribution in [0.25, 0.3) is 0 Å². The number of methoxy groups -OCH3 is 2. The van der Waals surface area contributed by atoms with Crippen molar-refractivity contribution >= 4 is 23.4 Å². The normalized spacial score (nSPS) is 11.6. The quantitative estimate of drug-likeness (QED) is 0.572. The highest BCUT2D eigenvalue weighted by atomic mass is 35.5. The van der Waals surface area contributed by atoms with Gasteiger partial charge in [0.25, 0.3) is 0 Å². The summed E-state index contributed by atoms with van der Waals surface area (Å²) in [5.41, 5.74) is 0.355. The molecule has 0 unspecified atom stereocenters. The van der Waals surface area contributed by atoms with E-state index < -0.39 is 23.7 Å². The summed E-state index contributed by atoms with van der Waals surface area (Å²) < 4.78 is 28.3.